The van der Waals surface area contributed by atoms with Crippen LogP contribution < -0.4 is 9.80 Å². The molecule has 0 bridgehead atoms. The van der Waals surface area contributed by atoms with E-state index >= 15 is 0 Å². The first-order valence-electron chi connectivity index (χ1n) is 19.1. The predicted octanol–water partition coefficient (Wildman–Crippen LogP) is 6.76. The monoisotopic (exact) mass is 682 g/mol. The topological polar surface area (TPSA) is 74.2 Å². The van der Waals surface area contributed by atoms with Crippen molar-refractivity contribution in [3.05, 3.63) is 94.7 Å². The van der Waals surface area contributed by atoms with E-state index in [1.54, 1.807) is 0 Å². The summed E-state index contributed by atoms with van der Waals surface area (Å²) >= 11 is 0. The zero-order valence-corrected chi connectivity index (χ0v) is 30.5. The van der Waals surface area contributed by atoms with E-state index in [1.165, 1.54) is 67.8 Å². The number of hydrogen-bond donors (Lipinski definition) is 0. The molecule has 2 aliphatic heterocycles. The van der Waals surface area contributed by atoms with Crippen molar-refractivity contribution in [2.75, 3.05) is 88.5 Å². The number of unbranched alkanes of at least 4 members (excludes halogenated alkanes) is 3. The van der Waals surface area contributed by atoms with Crippen LogP contribution in [0.2, 0.25) is 0 Å². The highest BCUT2D eigenvalue weighted by Crippen LogP contribution is 2.20. The zero-order valence-electron chi connectivity index (χ0n) is 30.5. The van der Waals surface area contributed by atoms with Gasteiger partial charge in [0.15, 0.2) is 0 Å². The lowest BCUT2D eigenvalue weighted by molar-refractivity contribution is 0.0997. The fourth-order valence-electron chi connectivity index (χ4n) is 7.13. The minimum absolute atomic E-state index is 0.769. The number of ether oxygens (including phenoxy) is 1. The molecule has 2 aliphatic rings. The van der Waals surface area contributed by atoms with Crippen LogP contribution in [0.1, 0.15) is 66.1 Å². The molecular weight excluding hydrogens is 624 g/mol. The third-order valence-corrected chi connectivity index (χ3v) is 10.3. The van der Waals surface area contributed by atoms with E-state index in [0.29, 0.717) is 0 Å². The molecule has 2 aromatic carbocycles. The third-order valence-electron chi connectivity index (χ3n) is 10.3. The van der Waals surface area contributed by atoms with Crippen LogP contribution in [0.3, 0.4) is 0 Å². The van der Waals surface area contributed by atoms with Crippen molar-refractivity contribution in [2.45, 2.75) is 71.6 Å². The van der Waals surface area contributed by atoms with Crippen LogP contribution in [0.5, 0.6) is 0 Å². The van der Waals surface area contributed by atoms with E-state index in [-0.39, 0.29) is 0 Å². The van der Waals surface area contributed by atoms with Crippen LogP contribution in [0, 0.1) is 13.8 Å². The molecule has 4 aromatic rings. The standard InChI is InChI=1S/C41H58N6O3/c1-34-10-15-39(16-11-34)46-25-21-44(22-26-46)20-6-4-3-5-8-38-33-41(50-43-38)19-14-36-12-17-40(18-13-36)47-27-23-45(24-28-47)29-31-48-30-7-9-37-32-35(2)49-42-37/h10-13,15-18,32-33H,3-9,14,19-31H2,1-2H3. The number of rotatable bonds is 19. The van der Waals surface area contributed by atoms with Gasteiger partial charge in [0.05, 0.1) is 18.0 Å². The highest BCUT2D eigenvalue weighted by atomic mass is 16.5. The minimum Gasteiger partial charge on any atom is -0.380 e. The van der Waals surface area contributed by atoms with Gasteiger partial charge in [-0.1, -0.05) is 53.0 Å². The third kappa shape index (κ3) is 11.4. The molecule has 0 N–H and O–H groups in total. The summed E-state index contributed by atoms with van der Waals surface area (Å²) in [6, 6.07) is 22.2. The van der Waals surface area contributed by atoms with Gasteiger partial charge in [-0.25, -0.2) is 0 Å². The molecule has 0 atom stereocenters. The molecule has 0 unspecified atom stereocenters. The molecule has 0 radical (unpaired) electrons. The average Bonchev–Trinajstić information content (AvgIpc) is 3.79. The van der Waals surface area contributed by atoms with E-state index in [1.807, 2.05) is 13.0 Å². The van der Waals surface area contributed by atoms with Gasteiger partial charge in [0.1, 0.15) is 11.5 Å². The molecule has 6 rings (SSSR count). The number of aryl methyl sites for hydroxylation is 6. The molecule has 0 saturated carbocycles. The molecule has 2 saturated heterocycles. The Morgan fingerprint density at radius 3 is 1.84 bits per heavy atom. The Morgan fingerprint density at radius 1 is 0.560 bits per heavy atom. The quantitative estimate of drug-likeness (QED) is 0.0998. The maximum Gasteiger partial charge on any atom is 0.137 e. The molecule has 0 amide bonds. The van der Waals surface area contributed by atoms with Gasteiger partial charge in [0, 0.05) is 95.4 Å². The van der Waals surface area contributed by atoms with Gasteiger partial charge in [-0.3, -0.25) is 9.80 Å². The summed E-state index contributed by atoms with van der Waals surface area (Å²) in [5, 5.41) is 8.42. The number of benzene rings is 2. The van der Waals surface area contributed by atoms with Crippen LogP contribution in [-0.2, 0) is 30.4 Å². The summed E-state index contributed by atoms with van der Waals surface area (Å²) in [4.78, 5) is 10.2. The lowest BCUT2D eigenvalue weighted by Crippen LogP contribution is -2.47. The van der Waals surface area contributed by atoms with Gasteiger partial charge < -0.3 is 23.6 Å². The average molecular weight is 683 g/mol. The number of anilines is 2. The van der Waals surface area contributed by atoms with Gasteiger partial charge >= 0.3 is 0 Å². The highest BCUT2D eigenvalue weighted by Gasteiger charge is 2.18. The molecule has 0 spiro atoms. The van der Waals surface area contributed by atoms with Crippen molar-refractivity contribution in [3.63, 3.8) is 0 Å². The van der Waals surface area contributed by atoms with Gasteiger partial charge in [-0.05, 0) is 88.7 Å². The highest BCUT2D eigenvalue weighted by molar-refractivity contribution is 5.49. The summed E-state index contributed by atoms with van der Waals surface area (Å²) in [6.45, 7) is 16.7. The molecule has 2 fully saturated rings. The van der Waals surface area contributed by atoms with Crippen LogP contribution in [0.15, 0.2) is 69.7 Å². The lowest BCUT2D eigenvalue weighted by Gasteiger charge is -2.36. The largest absolute Gasteiger partial charge is 0.380 e. The Morgan fingerprint density at radius 2 is 1.16 bits per heavy atom. The first-order chi connectivity index (χ1) is 24.6. The van der Waals surface area contributed by atoms with Crippen LogP contribution in [-0.4, -0.2) is 98.8 Å². The summed E-state index contributed by atoms with van der Waals surface area (Å²) in [5.41, 5.74) is 7.47. The Bertz CT molecular complexity index is 1520. The summed E-state index contributed by atoms with van der Waals surface area (Å²) in [5.74, 6) is 1.87. The maximum atomic E-state index is 5.88. The van der Waals surface area contributed by atoms with E-state index < -0.39 is 0 Å². The minimum atomic E-state index is 0.769. The van der Waals surface area contributed by atoms with Crippen molar-refractivity contribution < 1.29 is 13.8 Å². The molecule has 0 aliphatic carbocycles. The van der Waals surface area contributed by atoms with E-state index in [9.17, 15) is 0 Å². The van der Waals surface area contributed by atoms with Crippen LogP contribution in [0.4, 0.5) is 11.4 Å². The molecule has 50 heavy (non-hydrogen) atoms. The van der Waals surface area contributed by atoms with Crippen molar-refractivity contribution in [2.24, 2.45) is 0 Å². The Hall–Kier alpha value is -3.66. The first kappa shape index (κ1) is 36.1. The normalized spacial score (nSPS) is 16.0. The number of aromatic nitrogens is 2. The number of hydrogen-bond acceptors (Lipinski definition) is 9. The van der Waals surface area contributed by atoms with E-state index in [4.69, 9.17) is 13.8 Å². The molecule has 2 aromatic heterocycles. The lowest BCUT2D eigenvalue weighted by atomic mass is 10.1. The second-order valence-corrected chi connectivity index (χ2v) is 14.3. The zero-order chi connectivity index (χ0) is 34.4. The smallest absolute Gasteiger partial charge is 0.137 e. The second-order valence-electron chi connectivity index (χ2n) is 14.3. The number of nitrogens with zero attached hydrogens (tertiary/aromatic N) is 6. The van der Waals surface area contributed by atoms with Crippen molar-refractivity contribution >= 4 is 11.4 Å². The predicted molar refractivity (Wildman–Crippen MR) is 201 cm³/mol. The van der Waals surface area contributed by atoms with Gasteiger partial charge in [0.25, 0.3) is 0 Å². The van der Waals surface area contributed by atoms with E-state index in [2.05, 4.69) is 91.4 Å². The van der Waals surface area contributed by atoms with Crippen LogP contribution in [0.25, 0.3) is 0 Å². The summed E-state index contributed by atoms with van der Waals surface area (Å²) in [6.07, 6.45) is 9.77. The summed E-state index contributed by atoms with van der Waals surface area (Å²) < 4.78 is 16.7. The van der Waals surface area contributed by atoms with Crippen LogP contribution >= 0.6 is 0 Å². The van der Waals surface area contributed by atoms with Gasteiger partial charge in [-0.15, -0.1) is 0 Å². The van der Waals surface area contributed by atoms with Gasteiger partial charge in [0.2, 0.25) is 0 Å². The molecular formula is C41H58N6O3. The maximum absolute atomic E-state index is 5.88. The summed E-state index contributed by atoms with van der Waals surface area (Å²) in [7, 11) is 0. The Kier molecular flexibility index (Phi) is 13.8. The fourth-order valence-corrected chi connectivity index (χ4v) is 7.13. The molecule has 9 nitrogen and oxygen atoms in total. The van der Waals surface area contributed by atoms with E-state index in [0.717, 1.165) is 114 Å². The van der Waals surface area contributed by atoms with Gasteiger partial charge in [-0.2, -0.15) is 0 Å². The second kappa shape index (κ2) is 19.1. The first-order valence-corrected chi connectivity index (χ1v) is 19.1. The molecule has 270 valence electrons. The Labute approximate surface area is 299 Å². The fraction of sp³-hybridized carbons (Fsp3) is 0.561. The van der Waals surface area contributed by atoms with Crippen molar-refractivity contribution in [1.82, 2.24) is 20.1 Å². The SMILES string of the molecule is Cc1ccc(N2CCN(CCCCCCc3cc(CCc4ccc(N5CCN(CCOCCCc6cc(C)on6)CC5)cc4)on3)CC2)cc1. The molecule has 4 heterocycles. The molecule has 9 heteroatoms. The van der Waals surface area contributed by atoms with Crippen molar-refractivity contribution in [3.8, 4) is 0 Å². The Balaban J connectivity index is 0.780. The number of piperazine rings is 2. The van der Waals surface area contributed by atoms with Crippen molar-refractivity contribution in [1.29, 1.82) is 0 Å².